The third kappa shape index (κ3) is 3.38. The van der Waals surface area contributed by atoms with Gasteiger partial charge in [0, 0.05) is 11.7 Å². The first-order valence-electron chi connectivity index (χ1n) is 5.58. The van der Waals surface area contributed by atoms with E-state index >= 15 is 0 Å². The molecule has 0 unspecified atom stereocenters. The van der Waals surface area contributed by atoms with E-state index in [0.29, 0.717) is 17.8 Å². The lowest BCUT2D eigenvalue weighted by atomic mass is 10.3. The van der Waals surface area contributed by atoms with E-state index < -0.39 is 0 Å². The lowest BCUT2D eigenvalue weighted by Gasteiger charge is -2.10. The molecule has 1 aliphatic carbocycles. The Bertz CT molecular complexity index is 360. The van der Waals surface area contributed by atoms with E-state index in [1.54, 1.807) is 0 Å². The van der Waals surface area contributed by atoms with Gasteiger partial charge in [-0.3, -0.25) is 0 Å². The molecular weight excluding hydrogens is 220 g/mol. The van der Waals surface area contributed by atoms with Gasteiger partial charge in [0.2, 0.25) is 0 Å². The molecule has 0 heterocycles. The molecule has 0 amide bonds. The van der Waals surface area contributed by atoms with E-state index in [1.807, 2.05) is 31.2 Å². The van der Waals surface area contributed by atoms with E-state index in [4.69, 9.17) is 17.0 Å². The van der Waals surface area contributed by atoms with Crippen LogP contribution >= 0.6 is 12.2 Å². The van der Waals surface area contributed by atoms with Gasteiger partial charge in [-0.15, -0.1) is 0 Å². The monoisotopic (exact) mass is 236 g/mol. The number of hydrogen-bond donors (Lipinski definition) is 2. The van der Waals surface area contributed by atoms with Crippen molar-refractivity contribution in [1.29, 1.82) is 0 Å². The van der Waals surface area contributed by atoms with Crippen LogP contribution in [0.2, 0.25) is 0 Å². The average Bonchev–Trinajstić information content (AvgIpc) is 3.05. The van der Waals surface area contributed by atoms with Crippen molar-refractivity contribution in [3.05, 3.63) is 24.3 Å². The minimum absolute atomic E-state index is 0.586. The molecule has 0 spiro atoms. The van der Waals surface area contributed by atoms with Crippen LogP contribution in [0.25, 0.3) is 0 Å². The van der Waals surface area contributed by atoms with Crippen LogP contribution in [0.1, 0.15) is 19.8 Å². The molecule has 0 aromatic heterocycles. The third-order valence-electron chi connectivity index (χ3n) is 2.34. The quantitative estimate of drug-likeness (QED) is 0.787. The van der Waals surface area contributed by atoms with E-state index in [2.05, 4.69) is 10.6 Å². The lowest BCUT2D eigenvalue weighted by molar-refractivity contribution is 0.340. The van der Waals surface area contributed by atoms with Gasteiger partial charge in [0.05, 0.1) is 6.61 Å². The van der Waals surface area contributed by atoms with Crippen molar-refractivity contribution in [1.82, 2.24) is 5.32 Å². The Morgan fingerprint density at radius 2 is 2.06 bits per heavy atom. The molecule has 0 atom stereocenters. The molecule has 0 aliphatic heterocycles. The highest BCUT2D eigenvalue weighted by Crippen LogP contribution is 2.19. The normalized spacial score (nSPS) is 14.3. The first-order valence-corrected chi connectivity index (χ1v) is 5.99. The van der Waals surface area contributed by atoms with Crippen LogP contribution < -0.4 is 15.4 Å². The highest BCUT2D eigenvalue weighted by molar-refractivity contribution is 7.80. The van der Waals surface area contributed by atoms with E-state index in [-0.39, 0.29) is 0 Å². The smallest absolute Gasteiger partial charge is 0.170 e. The van der Waals surface area contributed by atoms with Crippen molar-refractivity contribution >= 4 is 23.0 Å². The summed E-state index contributed by atoms with van der Waals surface area (Å²) in [6.07, 6.45) is 2.45. The summed E-state index contributed by atoms with van der Waals surface area (Å²) in [7, 11) is 0. The average molecular weight is 236 g/mol. The molecular formula is C12H16N2OS. The topological polar surface area (TPSA) is 33.3 Å². The van der Waals surface area contributed by atoms with Gasteiger partial charge in [-0.25, -0.2) is 0 Å². The minimum atomic E-state index is 0.586. The Kier molecular flexibility index (Phi) is 3.62. The molecule has 1 aromatic carbocycles. The van der Waals surface area contributed by atoms with Crippen molar-refractivity contribution < 1.29 is 4.74 Å². The molecule has 0 bridgehead atoms. The molecule has 1 aromatic rings. The fraction of sp³-hybridized carbons (Fsp3) is 0.417. The molecule has 0 saturated heterocycles. The summed E-state index contributed by atoms with van der Waals surface area (Å²) in [6, 6.07) is 8.39. The molecule has 1 aliphatic rings. The molecule has 3 nitrogen and oxygen atoms in total. The Balaban J connectivity index is 1.85. The third-order valence-corrected chi connectivity index (χ3v) is 2.56. The predicted molar refractivity (Wildman–Crippen MR) is 70.0 cm³/mol. The summed E-state index contributed by atoms with van der Waals surface area (Å²) >= 11 is 5.18. The van der Waals surface area contributed by atoms with Gasteiger partial charge in [-0.05, 0) is 56.2 Å². The summed E-state index contributed by atoms with van der Waals surface area (Å²) in [6.45, 7) is 2.66. The molecule has 4 heteroatoms. The van der Waals surface area contributed by atoms with Crippen LogP contribution in [-0.2, 0) is 0 Å². The number of thiocarbonyl (C=S) groups is 1. The van der Waals surface area contributed by atoms with Gasteiger partial charge in [0.25, 0.3) is 0 Å². The summed E-state index contributed by atoms with van der Waals surface area (Å²) in [5.41, 5.74) is 0.988. The number of anilines is 1. The molecule has 1 saturated carbocycles. The van der Waals surface area contributed by atoms with Crippen LogP contribution in [0.5, 0.6) is 5.75 Å². The fourth-order valence-corrected chi connectivity index (χ4v) is 1.67. The van der Waals surface area contributed by atoms with Crippen LogP contribution in [0.4, 0.5) is 5.69 Å². The summed E-state index contributed by atoms with van der Waals surface area (Å²) < 4.78 is 5.36. The Hall–Kier alpha value is -1.29. The fourth-order valence-electron chi connectivity index (χ4n) is 1.38. The zero-order valence-electron chi connectivity index (χ0n) is 9.32. The molecule has 1 fully saturated rings. The van der Waals surface area contributed by atoms with Gasteiger partial charge in [-0.1, -0.05) is 0 Å². The summed E-state index contributed by atoms with van der Waals surface area (Å²) in [5.74, 6) is 0.883. The second-order valence-electron chi connectivity index (χ2n) is 3.83. The second-order valence-corrected chi connectivity index (χ2v) is 4.24. The molecule has 86 valence electrons. The highest BCUT2D eigenvalue weighted by atomic mass is 32.1. The Morgan fingerprint density at radius 1 is 1.38 bits per heavy atom. The zero-order valence-corrected chi connectivity index (χ0v) is 10.1. The highest BCUT2D eigenvalue weighted by Gasteiger charge is 2.21. The lowest BCUT2D eigenvalue weighted by Crippen LogP contribution is -2.30. The van der Waals surface area contributed by atoms with Crippen molar-refractivity contribution in [2.45, 2.75) is 25.8 Å². The standard InChI is InChI=1S/C12H16N2OS/c1-2-15-11-7-5-10(6-8-11)14-12(16)13-9-3-4-9/h5-9H,2-4H2,1H3,(H2,13,14,16). The molecule has 16 heavy (non-hydrogen) atoms. The second kappa shape index (κ2) is 5.16. The van der Waals surface area contributed by atoms with E-state index in [9.17, 15) is 0 Å². The largest absolute Gasteiger partial charge is 0.494 e. The van der Waals surface area contributed by atoms with Crippen LogP contribution in [0.3, 0.4) is 0 Å². The van der Waals surface area contributed by atoms with Gasteiger partial charge < -0.3 is 15.4 Å². The van der Waals surface area contributed by atoms with Gasteiger partial charge in [0.1, 0.15) is 5.75 Å². The SMILES string of the molecule is CCOc1ccc(NC(=S)NC2CC2)cc1. The van der Waals surface area contributed by atoms with E-state index in [0.717, 1.165) is 11.4 Å². The maximum absolute atomic E-state index is 5.36. The first-order chi connectivity index (χ1) is 7.78. The number of hydrogen-bond acceptors (Lipinski definition) is 2. The van der Waals surface area contributed by atoms with Crippen LogP contribution in [0.15, 0.2) is 24.3 Å². The van der Waals surface area contributed by atoms with Crippen molar-refractivity contribution in [3.8, 4) is 5.75 Å². The van der Waals surface area contributed by atoms with Gasteiger partial charge in [0.15, 0.2) is 5.11 Å². The minimum Gasteiger partial charge on any atom is -0.494 e. The summed E-state index contributed by atoms with van der Waals surface area (Å²) in [5, 5.41) is 7.08. The maximum Gasteiger partial charge on any atom is 0.170 e. The zero-order chi connectivity index (χ0) is 11.4. The number of rotatable bonds is 4. The Labute approximate surface area is 101 Å². The van der Waals surface area contributed by atoms with Crippen LogP contribution in [0, 0.1) is 0 Å². The van der Waals surface area contributed by atoms with Crippen LogP contribution in [-0.4, -0.2) is 17.8 Å². The number of benzene rings is 1. The van der Waals surface area contributed by atoms with Gasteiger partial charge >= 0.3 is 0 Å². The maximum atomic E-state index is 5.36. The first kappa shape index (κ1) is 11.2. The summed E-state index contributed by atoms with van der Waals surface area (Å²) in [4.78, 5) is 0. The number of ether oxygens (including phenoxy) is 1. The Morgan fingerprint density at radius 3 is 2.62 bits per heavy atom. The predicted octanol–water partition coefficient (Wildman–Crippen LogP) is 2.53. The molecule has 0 radical (unpaired) electrons. The molecule has 2 rings (SSSR count). The molecule has 2 N–H and O–H groups in total. The van der Waals surface area contributed by atoms with Crippen molar-refractivity contribution in [2.75, 3.05) is 11.9 Å². The van der Waals surface area contributed by atoms with E-state index in [1.165, 1.54) is 12.8 Å². The van der Waals surface area contributed by atoms with Crippen molar-refractivity contribution in [3.63, 3.8) is 0 Å². The van der Waals surface area contributed by atoms with Crippen molar-refractivity contribution in [2.24, 2.45) is 0 Å². The number of nitrogens with one attached hydrogen (secondary N) is 2. The van der Waals surface area contributed by atoms with Gasteiger partial charge in [-0.2, -0.15) is 0 Å².